The molecule has 0 spiro atoms. The van der Waals surface area contributed by atoms with E-state index in [1.165, 1.54) is 11.6 Å². The first kappa shape index (κ1) is 24.1. The van der Waals surface area contributed by atoms with Crippen molar-refractivity contribution in [1.82, 2.24) is 0 Å². The van der Waals surface area contributed by atoms with Crippen LogP contribution >= 0.6 is 0 Å². The van der Waals surface area contributed by atoms with Gasteiger partial charge in [0.25, 0.3) is 0 Å². The van der Waals surface area contributed by atoms with Crippen molar-refractivity contribution in [2.24, 2.45) is 0 Å². The van der Waals surface area contributed by atoms with Crippen LogP contribution in [0.4, 0.5) is 11.4 Å². The molecule has 36 heavy (non-hydrogen) atoms. The van der Waals surface area contributed by atoms with E-state index in [4.69, 9.17) is 0 Å². The lowest BCUT2D eigenvalue weighted by Gasteiger charge is -2.32. The van der Waals surface area contributed by atoms with E-state index in [1.807, 2.05) is 53.4 Å². The van der Waals surface area contributed by atoms with Crippen molar-refractivity contribution in [3.63, 3.8) is 0 Å². The number of para-hydroxylation sites is 1. The van der Waals surface area contributed by atoms with Crippen molar-refractivity contribution in [1.29, 1.82) is 0 Å². The molecule has 1 aliphatic heterocycles. The quantitative estimate of drug-likeness (QED) is 0.303. The summed E-state index contributed by atoms with van der Waals surface area (Å²) in [6, 6.07) is 30.2. The molecule has 4 aromatic carbocycles. The van der Waals surface area contributed by atoms with Gasteiger partial charge in [0, 0.05) is 5.69 Å². The van der Waals surface area contributed by atoms with Gasteiger partial charge in [-0.15, -0.1) is 0 Å². The molecule has 0 unspecified atom stereocenters. The maximum atomic E-state index is 12.3. The van der Waals surface area contributed by atoms with Crippen molar-refractivity contribution in [2.45, 2.75) is 37.8 Å². The number of hydrogen-bond acceptors (Lipinski definition) is 5. The zero-order chi connectivity index (χ0) is 25.4. The Balaban J connectivity index is 1.79. The SMILES string of the molecule is Cc1cc(C)c(N2[C]N(c3ccccc3S(=O)(=O)[O-])[C@@H](c3ccccc3)[C@@H]2c2ccccc2)c(C)c1. The van der Waals surface area contributed by atoms with Gasteiger partial charge in [-0.25, -0.2) is 8.42 Å². The lowest BCUT2D eigenvalue weighted by molar-refractivity contribution is 0.463. The van der Waals surface area contributed by atoms with Crippen molar-refractivity contribution in [3.8, 4) is 0 Å². The van der Waals surface area contributed by atoms with Gasteiger partial charge in [-0.3, -0.25) is 0 Å². The molecule has 5 nitrogen and oxygen atoms in total. The van der Waals surface area contributed by atoms with Crippen molar-refractivity contribution < 1.29 is 13.0 Å². The number of benzene rings is 4. The molecule has 1 saturated heterocycles. The first-order chi connectivity index (χ1) is 17.3. The van der Waals surface area contributed by atoms with E-state index in [-0.39, 0.29) is 17.0 Å². The highest BCUT2D eigenvalue weighted by molar-refractivity contribution is 7.86. The Hall–Kier alpha value is -3.61. The minimum absolute atomic E-state index is 0.226. The third-order valence-electron chi connectivity index (χ3n) is 6.62. The zero-order valence-electron chi connectivity index (χ0n) is 20.4. The maximum Gasteiger partial charge on any atom is 0.210 e. The minimum Gasteiger partial charge on any atom is -0.744 e. The summed E-state index contributed by atoms with van der Waals surface area (Å²) in [5.74, 6) is 0. The molecule has 1 heterocycles. The van der Waals surface area contributed by atoms with Crippen LogP contribution in [0.5, 0.6) is 0 Å². The van der Waals surface area contributed by atoms with E-state index >= 15 is 0 Å². The summed E-state index contributed by atoms with van der Waals surface area (Å²) in [6.45, 7) is 9.73. The minimum atomic E-state index is -4.71. The number of rotatable bonds is 5. The Morgan fingerprint density at radius 1 is 0.694 bits per heavy atom. The molecule has 2 atom stereocenters. The molecule has 1 aliphatic rings. The number of hydrogen-bond donors (Lipinski definition) is 0. The van der Waals surface area contributed by atoms with E-state index < -0.39 is 10.1 Å². The Morgan fingerprint density at radius 2 is 1.17 bits per heavy atom. The molecule has 0 aromatic heterocycles. The number of nitrogens with zero attached hydrogens (tertiary/aromatic N) is 2. The molecule has 0 bridgehead atoms. The number of aryl methyl sites for hydroxylation is 3. The highest BCUT2D eigenvalue weighted by Crippen LogP contribution is 2.51. The van der Waals surface area contributed by atoms with E-state index in [1.54, 1.807) is 18.2 Å². The van der Waals surface area contributed by atoms with E-state index in [0.29, 0.717) is 5.69 Å². The van der Waals surface area contributed by atoms with E-state index in [2.05, 4.69) is 56.6 Å². The summed E-state index contributed by atoms with van der Waals surface area (Å²) in [6.07, 6.45) is 0. The molecular formula is C30H27N2O3S-. The highest BCUT2D eigenvalue weighted by Gasteiger charge is 2.45. The van der Waals surface area contributed by atoms with Gasteiger partial charge in [-0.1, -0.05) is 90.5 Å². The molecule has 6 heteroatoms. The zero-order valence-corrected chi connectivity index (χ0v) is 21.2. The molecule has 182 valence electrons. The van der Waals surface area contributed by atoms with Crippen LogP contribution in [0.2, 0.25) is 0 Å². The summed E-state index contributed by atoms with van der Waals surface area (Å²) >= 11 is 0. The molecule has 0 N–H and O–H groups in total. The van der Waals surface area contributed by atoms with Gasteiger partial charge in [0.1, 0.15) is 10.1 Å². The Bertz CT molecular complexity index is 1460. The predicted molar refractivity (Wildman–Crippen MR) is 142 cm³/mol. The average molecular weight is 496 g/mol. The van der Waals surface area contributed by atoms with Gasteiger partial charge in [0.2, 0.25) is 6.67 Å². The van der Waals surface area contributed by atoms with Gasteiger partial charge >= 0.3 is 0 Å². The topological polar surface area (TPSA) is 63.7 Å². The Morgan fingerprint density at radius 3 is 1.69 bits per heavy atom. The lowest BCUT2D eigenvalue weighted by atomic mass is 9.91. The predicted octanol–water partition coefficient (Wildman–Crippen LogP) is 6.32. The summed E-state index contributed by atoms with van der Waals surface area (Å²) in [5, 5.41) is 0. The lowest BCUT2D eigenvalue weighted by Crippen LogP contribution is -2.25. The van der Waals surface area contributed by atoms with Crippen molar-refractivity contribution in [3.05, 3.63) is 132 Å². The van der Waals surface area contributed by atoms with Crippen molar-refractivity contribution in [2.75, 3.05) is 9.80 Å². The third-order valence-corrected chi connectivity index (χ3v) is 7.51. The fourth-order valence-electron chi connectivity index (χ4n) is 5.30. The van der Waals surface area contributed by atoms with E-state index in [0.717, 1.165) is 27.9 Å². The second-order valence-electron chi connectivity index (χ2n) is 9.22. The summed E-state index contributed by atoms with van der Waals surface area (Å²) in [5.41, 5.74) is 6.74. The number of anilines is 2. The van der Waals surface area contributed by atoms with Gasteiger partial charge in [0.05, 0.1) is 22.7 Å². The van der Waals surface area contributed by atoms with Gasteiger partial charge in [-0.05, 0) is 55.2 Å². The standard InChI is InChI=1S/C30H28N2O3S/c1-21-18-22(2)28(23(3)19-21)32-20-31(26-16-10-11-17-27(26)36(33,34)35)29(24-12-6-4-7-13-24)30(32)25-14-8-5-9-15-25/h4-19,29-30H,1-3H3,(H,33,34,35)/p-1/t29-,30-/m0/s1. The van der Waals surface area contributed by atoms with Crippen molar-refractivity contribution >= 4 is 21.5 Å². The maximum absolute atomic E-state index is 12.3. The Kier molecular flexibility index (Phi) is 6.33. The largest absolute Gasteiger partial charge is 0.744 e. The van der Waals surface area contributed by atoms with Crippen LogP contribution in [0.1, 0.15) is 39.9 Å². The molecule has 0 aliphatic carbocycles. The van der Waals surface area contributed by atoms with Gasteiger partial charge < -0.3 is 14.4 Å². The van der Waals surface area contributed by atoms with Crippen LogP contribution in [0.15, 0.2) is 102 Å². The van der Waals surface area contributed by atoms with Crippen LogP contribution in [0.25, 0.3) is 0 Å². The Labute approximate surface area is 213 Å². The van der Waals surface area contributed by atoms with Crippen LogP contribution in [-0.2, 0) is 10.1 Å². The van der Waals surface area contributed by atoms with Crippen LogP contribution in [-0.4, -0.2) is 13.0 Å². The molecule has 0 saturated carbocycles. The van der Waals surface area contributed by atoms with Crippen LogP contribution < -0.4 is 9.80 Å². The van der Waals surface area contributed by atoms with Crippen LogP contribution in [0.3, 0.4) is 0 Å². The summed E-state index contributed by atoms with van der Waals surface area (Å²) in [7, 11) is -4.71. The van der Waals surface area contributed by atoms with Gasteiger partial charge in [0.15, 0.2) is 0 Å². The molecule has 4 aromatic rings. The molecule has 2 radical (unpaired) electrons. The third kappa shape index (κ3) is 4.38. The van der Waals surface area contributed by atoms with Crippen LogP contribution in [0, 0.1) is 27.4 Å². The normalized spacial score (nSPS) is 18.0. The average Bonchev–Trinajstić information content (AvgIpc) is 3.24. The first-order valence-corrected chi connectivity index (χ1v) is 13.2. The van der Waals surface area contributed by atoms with E-state index in [9.17, 15) is 13.0 Å². The molecule has 0 amide bonds. The smallest absolute Gasteiger partial charge is 0.210 e. The monoisotopic (exact) mass is 495 g/mol. The second kappa shape index (κ2) is 9.45. The second-order valence-corrected chi connectivity index (χ2v) is 10.6. The van der Waals surface area contributed by atoms with Gasteiger partial charge in [-0.2, -0.15) is 0 Å². The highest BCUT2D eigenvalue weighted by atomic mass is 32.2. The molecule has 1 fully saturated rings. The summed E-state index contributed by atoms with van der Waals surface area (Å²) in [4.78, 5) is 3.66. The fourth-order valence-corrected chi connectivity index (χ4v) is 5.97. The molecular weight excluding hydrogens is 468 g/mol. The fraction of sp³-hybridized carbons (Fsp3) is 0.167. The summed E-state index contributed by atoms with van der Waals surface area (Å²) < 4.78 is 36.8. The molecule has 5 rings (SSSR count). The first-order valence-electron chi connectivity index (χ1n) is 11.8.